The highest BCUT2D eigenvalue weighted by atomic mass is 16.2. The van der Waals surface area contributed by atoms with Gasteiger partial charge in [-0.1, -0.05) is 72.9 Å². The first-order valence-electron chi connectivity index (χ1n) is 6.92. The normalized spacial score (nSPS) is 12.9. The van der Waals surface area contributed by atoms with Crippen LogP contribution < -0.4 is 0 Å². The highest BCUT2D eigenvalue weighted by molar-refractivity contribution is 5.94. The third kappa shape index (κ3) is 3.46. The van der Waals surface area contributed by atoms with Gasteiger partial charge in [-0.2, -0.15) is 0 Å². The number of aliphatic hydroxyl groups excluding tert-OH is 1. The molecule has 0 heterocycles. The Hall–Kier alpha value is -2.12. The fourth-order valence-electron chi connectivity index (χ4n) is 2.32. The summed E-state index contributed by atoms with van der Waals surface area (Å²) in [7, 11) is 0. The van der Waals surface area contributed by atoms with Crippen LogP contribution >= 0.6 is 0 Å². The van der Waals surface area contributed by atoms with E-state index in [9.17, 15) is 0 Å². The molecule has 1 aliphatic rings. The molecule has 20 heavy (non-hydrogen) atoms. The Morgan fingerprint density at radius 1 is 1.10 bits per heavy atom. The van der Waals surface area contributed by atoms with E-state index in [1.807, 2.05) is 19.1 Å². The van der Waals surface area contributed by atoms with Gasteiger partial charge in [0.1, 0.15) is 0 Å². The van der Waals surface area contributed by atoms with Crippen LogP contribution in [0.5, 0.6) is 0 Å². The molecule has 3 rings (SSSR count). The summed E-state index contributed by atoms with van der Waals surface area (Å²) < 4.78 is 0. The van der Waals surface area contributed by atoms with Crippen LogP contribution in [0, 0.1) is 0 Å². The Morgan fingerprint density at radius 2 is 1.90 bits per heavy atom. The molecule has 0 bridgehead atoms. The number of aliphatic hydroxyl groups is 1. The zero-order valence-corrected chi connectivity index (χ0v) is 11.8. The Kier molecular flexibility index (Phi) is 5.33. The fourth-order valence-corrected chi connectivity index (χ4v) is 2.32. The van der Waals surface area contributed by atoms with Gasteiger partial charge in [0, 0.05) is 0 Å². The SMILES string of the molecule is C/C=C/C=C/CO.C1=Cc2cccc3cccc(c23)C1. The smallest absolute Gasteiger partial charge is 0.0615 e. The molecule has 2 aromatic rings. The molecule has 1 heteroatoms. The zero-order valence-electron chi connectivity index (χ0n) is 11.8. The first-order valence-corrected chi connectivity index (χ1v) is 6.92. The van der Waals surface area contributed by atoms with Gasteiger partial charge >= 0.3 is 0 Å². The largest absolute Gasteiger partial charge is 0.392 e. The van der Waals surface area contributed by atoms with Crippen molar-refractivity contribution in [2.45, 2.75) is 13.3 Å². The maximum atomic E-state index is 8.17. The summed E-state index contributed by atoms with van der Waals surface area (Å²) in [5, 5.41) is 11.0. The van der Waals surface area contributed by atoms with E-state index >= 15 is 0 Å². The van der Waals surface area contributed by atoms with E-state index < -0.39 is 0 Å². The van der Waals surface area contributed by atoms with Gasteiger partial charge < -0.3 is 5.11 Å². The monoisotopic (exact) mass is 264 g/mol. The van der Waals surface area contributed by atoms with Crippen LogP contribution in [0.1, 0.15) is 18.1 Å². The highest BCUT2D eigenvalue weighted by Gasteiger charge is 2.06. The fraction of sp³-hybridized carbons (Fsp3) is 0.158. The van der Waals surface area contributed by atoms with Crippen LogP contribution in [0.4, 0.5) is 0 Å². The van der Waals surface area contributed by atoms with E-state index in [1.165, 1.54) is 21.9 Å². The molecule has 0 saturated carbocycles. The predicted octanol–water partition coefficient (Wildman–Crippen LogP) is 4.52. The first-order chi connectivity index (χ1) is 9.86. The average molecular weight is 264 g/mol. The molecule has 0 aliphatic heterocycles. The number of hydrogen-bond donors (Lipinski definition) is 1. The summed E-state index contributed by atoms with van der Waals surface area (Å²) in [6.45, 7) is 2.06. The lowest BCUT2D eigenvalue weighted by molar-refractivity contribution is 0.343. The van der Waals surface area contributed by atoms with Gasteiger partial charge in [-0.05, 0) is 35.2 Å². The van der Waals surface area contributed by atoms with Crippen molar-refractivity contribution in [2.24, 2.45) is 0 Å². The topological polar surface area (TPSA) is 20.2 Å². The molecule has 0 spiro atoms. The summed E-state index contributed by atoms with van der Waals surface area (Å²) >= 11 is 0. The van der Waals surface area contributed by atoms with E-state index in [2.05, 4.69) is 48.6 Å². The maximum Gasteiger partial charge on any atom is 0.0615 e. The molecule has 0 radical (unpaired) electrons. The van der Waals surface area contributed by atoms with Crippen molar-refractivity contribution in [3.8, 4) is 0 Å². The third-order valence-electron chi connectivity index (χ3n) is 3.20. The van der Waals surface area contributed by atoms with E-state index in [1.54, 1.807) is 12.2 Å². The van der Waals surface area contributed by atoms with Crippen LogP contribution in [0.25, 0.3) is 16.8 Å². The lowest BCUT2D eigenvalue weighted by atomic mass is 9.93. The molecule has 0 saturated heterocycles. The Bertz CT molecular complexity index is 643. The lowest BCUT2D eigenvalue weighted by Gasteiger charge is -2.11. The van der Waals surface area contributed by atoms with Gasteiger partial charge in [0.15, 0.2) is 0 Å². The molecule has 1 N–H and O–H groups in total. The Balaban J connectivity index is 0.000000182. The summed E-state index contributed by atoms with van der Waals surface area (Å²) in [6.07, 6.45) is 12.8. The molecule has 102 valence electrons. The van der Waals surface area contributed by atoms with Gasteiger partial charge in [-0.3, -0.25) is 0 Å². The minimum Gasteiger partial charge on any atom is -0.392 e. The van der Waals surface area contributed by atoms with Crippen molar-refractivity contribution in [2.75, 3.05) is 6.61 Å². The number of benzene rings is 2. The van der Waals surface area contributed by atoms with Crippen molar-refractivity contribution in [3.05, 3.63) is 77.9 Å². The van der Waals surface area contributed by atoms with Gasteiger partial charge in [0.2, 0.25) is 0 Å². The second-order valence-electron chi connectivity index (χ2n) is 4.61. The van der Waals surface area contributed by atoms with Crippen molar-refractivity contribution < 1.29 is 5.11 Å². The highest BCUT2D eigenvalue weighted by Crippen LogP contribution is 2.27. The van der Waals surface area contributed by atoms with Crippen molar-refractivity contribution in [3.63, 3.8) is 0 Å². The van der Waals surface area contributed by atoms with Crippen LogP contribution in [-0.4, -0.2) is 11.7 Å². The van der Waals surface area contributed by atoms with Crippen molar-refractivity contribution in [1.29, 1.82) is 0 Å². The van der Waals surface area contributed by atoms with E-state index in [-0.39, 0.29) is 6.61 Å². The second-order valence-corrected chi connectivity index (χ2v) is 4.61. The third-order valence-corrected chi connectivity index (χ3v) is 3.20. The van der Waals surface area contributed by atoms with Crippen LogP contribution in [0.2, 0.25) is 0 Å². The van der Waals surface area contributed by atoms with Gasteiger partial charge in [0.05, 0.1) is 6.61 Å². The zero-order chi connectivity index (χ0) is 14.2. The van der Waals surface area contributed by atoms with Gasteiger partial charge in [-0.15, -0.1) is 0 Å². The average Bonchev–Trinajstić information content (AvgIpc) is 2.50. The molecule has 0 unspecified atom stereocenters. The Labute approximate surface area is 120 Å². The van der Waals surface area contributed by atoms with E-state index in [4.69, 9.17) is 5.11 Å². The molecule has 0 amide bonds. The Morgan fingerprint density at radius 3 is 2.65 bits per heavy atom. The van der Waals surface area contributed by atoms with Gasteiger partial charge in [-0.25, -0.2) is 0 Å². The number of hydrogen-bond acceptors (Lipinski definition) is 1. The predicted molar refractivity (Wildman–Crippen MR) is 87.7 cm³/mol. The molecular weight excluding hydrogens is 244 g/mol. The number of rotatable bonds is 2. The molecule has 0 atom stereocenters. The summed E-state index contributed by atoms with van der Waals surface area (Å²) in [5.74, 6) is 0. The quantitative estimate of drug-likeness (QED) is 0.791. The minimum absolute atomic E-state index is 0.129. The molecule has 1 nitrogen and oxygen atoms in total. The molecule has 1 aliphatic carbocycles. The van der Waals surface area contributed by atoms with Crippen LogP contribution in [0.3, 0.4) is 0 Å². The summed E-state index contributed by atoms with van der Waals surface area (Å²) in [6, 6.07) is 13.0. The number of allylic oxidation sites excluding steroid dienone is 4. The molecular formula is C19H20O. The first kappa shape index (κ1) is 14.3. The van der Waals surface area contributed by atoms with Gasteiger partial charge in [0.25, 0.3) is 0 Å². The van der Waals surface area contributed by atoms with Crippen molar-refractivity contribution in [1.82, 2.24) is 0 Å². The minimum atomic E-state index is 0.129. The van der Waals surface area contributed by atoms with Crippen LogP contribution in [-0.2, 0) is 6.42 Å². The molecule has 0 aromatic heterocycles. The summed E-state index contributed by atoms with van der Waals surface area (Å²) in [5.41, 5.74) is 2.81. The van der Waals surface area contributed by atoms with Crippen LogP contribution in [0.15, 0.2) is 66.8 Å². The van der Waals surface area contributed by atoms with E-state index in [0.717, 1.165) is 6.42 Å². The second kappa shape index (κ2) is 7.46. The standard InChI is InChI=1S/C13H10.C6H10O/c1-4-10-6-2-8-12-9-3-7-11(5-1)13(10)12;1-2-3-4-5-6-7/h1-8H,9H2;2-5,7H,6H2,1H3/b;3-2+,5-4+. The van der Waals surface area contributed by atoms with E-state index in [0.29, 0.717) is 0 Å². The maximum absolute atomic E-state index is 8.17. The molecule has 2 aromatic carbocycles. The molecule has 0 fully saturated rings. The lowest BCUT2D eigenvalue weighted by Crippen LogP contribution is -1.91. The van der Waals surface area contributed by atoms with Crippen molar-refractivity contribution >= 4 is 16.8 Å². The summed E-state index contributed by atoms with van der Waals surface area (Å²) in [4.78, 5) is 0.